The highest BCUT2D eigenvalue weighted by Crippen LogP contribution is 2.23. The van der Waals surface area contributed by atoms with E-state index in [9.17, 15) is 14.7 Å². The number of anilines is 1. The minimum absolute atomic E-state index is 0.0127. The molecule has 0 saturated carbocycles. The molecule has 0 fully saturated rings. The van der Waals surface area contributed by atoms with Crippen LogP contribution in [-0.2, 0) is 10.2 Å². The van der Waals surface area contributed by atoms with Crippen molar-refractivity contribution in [3.8, 4) is 5.75 Å². The van der Waals surface area contributed by atoms with Crippen LogP contribution in [0.1, 0.15) is 68.9 Å². The molecule has 0 spiro atoms. The summed E-state index contributed by atoms with van der Waals surface area (Å²) in [6, 6.07) is 12.1. The number of phenolic OH excluding ortho intramolecular Hbond substituents is 1. The molecular formula is C23H29N3O3. The molecule has 2 rings (SSSR count). The Hall–Kier alpha value is -3.15. The van der Waals surface area contributed by atoms with Gasteiger partial charge in [0.2, 0.25) is 5.91 Å². The molecule has 0 aromatic heterocycles. The fourth-order valence-corrected chi connectivity index (χ4v) is 2.74. The number of nitrogens with one attached hydrogen (secondary N) is 2. The Bertz CT molecular complexity index is 910. The molecule has 0 bridgehead atoms. The summed E-state index contributed by atoms with van der Waals surface area (Å²) in [5.41, 5.74) is 5.59. The number of amides is 2. The monoisotopic (exact) mass is 395 g/mol. The Labute approximate surface area is 172 Å². The third-order valence-electron chi connectivity index (χ3n) is 4.49. The van der Waals surface area contributed by atoms with Crippen molar-refractivity contribution in [1.82, 2.24) is 5.43 Å². The number of phenols is 1. The number of aromatic hydroxyl groups is 1. The molecule has 0 radical (unpaired) electrons. The van der Waals surface area contributed by atoms with Gasteiger partial charge in [-0.2, -0.15) is 5.10 Å². The van der Waals surface area contributed by atoms with E-state index in [2.05, 4.69) is 36.6 Å². The molecule has 0 heterocycles. The highest BCUT2D eigenvalue weighted by Gasteiger charge is 2.14. The van der Waals surface area contributed by atoms with Gasteiger partial charge in [-0.1, -0.05) is 39.8 Å². The van der Waals surface area contributed by atoms with Crippen LogP contribution in [0.2, 0.25) is 0 Å². The third-order valence-corrected chi connectivity index (χ3v) is 4.49. The number of hydrazone groups is 1. The van der Waals surface area contributed by atoms with Gasteiger partial charge in [0.05, 0.1) is 5.71 Å². The number of rotatable bonds is 6. The molecule has 3 N–H and O–H groups in total. The summed E-state index contributed by atoms with van der Waals surface area (Å²) in [5.74, 6) is -0.411. The highest BCUT2D eigenvalue weighted by molar-refractivity contribution is 6.04. The summed E-state index contributed by atoms with van der Waals surface area (Å²) in [7, 11) is 0. The van der Waals surface area contributed by atoms with E-state index in [0.29, 0.717) is 28.9 Å². The minimum atomic E-state index is -0.336. The molecule has 0 aliphatic heterocycles. The molecule has 6 nitrogen and oxygen atoms in total. The molecule has 0 saturated heterocycles. The van der Waals surface area contributed by atoms with Crippen LogP contribution in [0.15, 0.2) is 47.6 Å². The molecule has 2 amide bonds. The van der Waals surface area contributed by atoms with Crippen molar-refractivity contribution >= 4 is 23.2 Å². The quantitative estimate of drug-likeness (QED) is 0.380. The Morgan fingerprint density at radius 2 is 1.72 bits per heavy atom. The number of carbonyl (C=O) groups is 2. The maximum atomic E-state index is 12.4. The maximum Gasteiger partial charge on any atom is 0.271 e. The zero-order valence-corrected chi connectivity index (χ0v) is 17.7. The van der Waals surface area contributed by atoms with E-state index < -0.39 is 0 Å². The predicted molar refractivity (Wildman–Crippen MR) is 116 cm³/mol. The van der Waals surface area contributed by atoms with Crippen molar-refractivity contribution < 1.29 is 14.7 Å². The number of benzene rings is 2. The van der Waals surface area contributed by atoms with E-state index >= 15 is 0 Å². The second kappa shape index (κ2) is 9.37. The summed E-state index contributed by atoms with van der Waals surface area (Å²) in [6.45, 7) is 9.94. The molecule has 2 aromatic rings. The Kier molecular flexibility index (Phi) is 7.15. The van der Waals surface area contributed by atoms with Crippen LogP contribution < -0.4 is 10.7 Å². The van der Waals surface area contributed by atoms with Crippen molar-refractivity contribution in [2.24, 2.45) is 5.10 Å². The van der Waals surface area contributed by atoms with E-state index in [1.165, 1.54) is 6.07 Å². The van der Waals surface area contributed by atoms with Gasteiger partial charge in [-0.05, 0) is 54.7 Å². The summed E-state index contributed by atoms with van der Waals surface area (Å²) in [6.07, 6.45) is 1.17. The second-order valence-corrected chi connectivity index (χ2v) is 8.00. The van der Waals surface area contributed by atoms with E-state index in [0.717, 1.165) is 12.0 Å². The lowest BCUT2D eigenvalue weighted by atomic mass is 9.87. The lowest BCUT2D eigenvalue weighted by molar-refractivity contribution is -0.116. The van der Waals surface area contributed by atoms with Gasteiger partial charge in [-0.15, -0.1) is 0 Å². The topological polar surface area (TPSA) is 90.8 Å². The molecule has 0 unspecified atom stereocenters. The average Bonchev–Trinajstić information content (AvgIpc) is 2.67. The SMILES string of the molecule is CCCC(=O)Nc1ccc(O)c(/C(C)=N/NC(=O)c2ccc(C(C)(C)C)cc2)c1. The molecule has 0 atom stereocenters. The first-order valence-corrected chi connectivity index (χ1v) is 9.70. The van der Waals surface area contributed by atoms with Gasteiger partial charge in [0, 0.05) is 23.2 Å². The van der Waals surface area contributed by atoms with Crippen molar-refractivity contribution in [1.29, 1.82) is 0 Å². The molecule has 6 heteroatoms. The Morgan fingerprint density at radius 1 is 1.07 bits per heavy atom. The van der Waals surface area contributed by atoms with E-state index in [-0.39, 0.29) is 23.0 Å². The first kappa shape index (κ1) is 22.1. The average molecular weight is 396 g/mol. The Balaban J connectivity index is 2.12. The van der Waals surface area contributed by atoms with Crippen molar-refractivity contribution in [3.63, 3.8) is 0 Å². The molecule has 29 heavy (non-hydrogen) atoms. The zero-order chi connectivity index (χ0) is 21.6. The van der Waals surface area contributed by atoms with Gasteiger partial charge < -0.3 is 10.4 Å². The van der Waals surface area contributed by atoms with Crippen molar-refractivity contribution in [3.05, 3.63) is 59.2 Å². The smallest absolute Gasteiger partial charge is 0.271 e. The molecule has 0 aliphatic carbocycles. The van der Waals surface area contributed by atoms with Crippen LogP contribution >= 0.6 is 0 Å². The molecule has 2 aromatic carbocycles. The van der Waals surface area contributed by atoms with Gasteiger partial charge in [-0.3, -0.25) is 9.59 Å². The third kappa shape index (κ3) is 6.17. The molecular weight excluding hydrogens is 366 g/mol. The van der Waals surface area contributed by atoms with Gasteiger partial charge in [0.15, 0.2) is 0 Å². The second-order valence-electron chi connectivity index (χ2n) is 8.00. The number of hydrogen-bond acceptors (Lipinski definition) is 4. The van der Waals surface area contributed by atoms with Gasteiger partial charge in [0.1, 0.15) is 5.75 Å². The normalized spacial score (nSPS) is 11.8. The number of nitrogens with zero attached hydrogens (tertiary/aromatic N) is 1. The van der Waals surface area contributed by atoms with Crippen LogP contribution in [-0.4, -0.2) is 22.6 Å². The largest absolute Gasteiger partial charge is 0.507 e. The first-order valence-electron chi connectivity index (χ1n) is 9.70. The summed E-state index contributed by atoms with van der Waals surface area (Å²) in [4.78, 5) is 24.1. The van der Waals surface area contributed by atoms with Gasteiger partial charge in [0.25, 0.3) is 5.91 Å². The number of hydrogen-bond donors (Lipinski definition) is 3. The van der Waals surface area contributed by atoms with Gasteiger partial charge >= 0.3 is 0 Å². The predicted octanol–water partition coefficient (Wildman–Crippen LogP) is 4.58. The van der Waals surface area contributed by atoms with Crippen LogP contribution in [0.5, 0.6) is 5.75 Å². The van der Waals surface area contributed by atoms with Gasteiger partial charge in [-0.25, -0.2) is 5.43 Å². The fraction of sp³-hybridized carbons (Fsp3) is 0.348. The summed E-state index contributed by atoms with van der Waals surface area (Å²) >= 11 is 0. The number of carbonyl (C=O) groups excluding carboxylic acids is 2. The van der Waals surface area contributed by atoms with Crippen LogP contribution in [0.3, 0.4) is 0 Å². The summed E-state index contributed by atoms with van der Waals surface area (Å²) < 4.78 is 0. The molecule has 0 aliphatic rings. The van der Waals surface area contributed by atoms with Crippen LogP contribution in [0.25, 0.3) is 0 Å². The molecule has 154 valence electrons. The minimum Gasteiger partial charge on any atom is -0.507 e. The van der Waals surface area contributed by atoms with E-state index in [4.69, 9.17) is 0 Å². The highest BCUT2D eigenvalue weighted by atomic mass is 16.3. The zero-order valence-electron chi connectivity index (χ0n) is 17.7. The van der Waals surface area contributed by atoms with E-state index in [1.807, 2.05) is 19.1 Å². The lowest BCUT2D eigenvalue weighted by Crippen LogP contribution is -2.20. The van der Waals surface area contributed by atoms with Crippen LogP contribution in [0, 0.1) is 0 Å². The standard InChI is InChI=1S/C23H29N3O3/c1-6-7-21(28)24-18-12-13-20(27)19(14-18)15(2)25-26-22(29)16-8-10-17(11-9-16)23(3,4)5/h8-14,27H,6-7H2,1-5H3,(H,24,28)(H,26,29)/b25-15+. The van der Waals surface area contributed by atoms with Crippen molar-refractivity contribution in [2.75, 3.05) is 5.32 Å². The summed E-state index contributed by atoms with van der Waals surface area (Å²) in [5, 5.41) is 17.0. The van der Waals surface area contributed by atoms with Crippen molar-refractivity contribution in [2.45, 2.75) is 52.9 Å². The Morgan fingerprint density at radius 3 is 2.31 bits per heavy atom. The first-order chi connectivity index (χ1) is 13.6. The lowest BCUT2D eigenvalue weighted by Gasteiger charge is -2.18. The fourth-order valence-electron chi connectivity index (χ4n) is 2.74. The van der Waals surface area contributed by atoms with E-state index in [1.54, 1.807) is 31.2 Å². The van der Waals surface area contributed by atoms with Crippen LogP contribution in [0.4, 0.5) is 5.69 Å². The maximum absolute atomic E-state index is 12.4.